The second kappa shape index (κ2) is 12.0. The lowest BCUT2D eigenvalue weighted by Gasteiger charge is -2.26. The summed E-state index contributed by atoms with van der Waals surface area (Å²) >= 11 is 0. The fraction of sp³-hybridized carbons (Fsp3) is 0.400. The van der Waals surface area contributed by atoms with E-state index >= 15 is 0 Å². The summed E-state index contributed by atoms with van der Waals surface area (Å²) in [5.74, 6) is 0.392. The highest BCUT2D eigenvalue weighted by molar-refractivity contribution is 6.03. The zero-order valence-corrected chi connectivity index (χ0v) is 23.0. The second-order valence-corrected chi connectivity index (χ2v) is 10.4. The summed E-state index contributed by atoms with van der Waals surface area (Å²) in [6.07, 6.45) is 0.944. The number of furan rings is 1. The monoisotopic (exact) mass is 548 g/mol. The molecule has 40 heavy (non-hydrogen) atoms. The molecule has 0 radical (unpaired) electrons. The maximum Gasteiger partial charge on any atom is 0.258 e. The Balaban J connectivity index is 1.21. The van der Waals surface area contributed by atoms with E-state index in [9.17, 15) is 19.8 Å². The number of carbonyl (C=O) groups excluding carboxylic acids is 2. The van der Waals surface area contributed by atoms with Crippen molar-refractivity contribution in [3.05, 3.63) is 76.2 Å². The van der Waals surface area contributed by atoms with Crippen LogP contribution in [0.5, 0.6) is 17.2 Å². The van der Waals surface area contributed by atoms with Crippen LogP contribution in [0.25, 0.3) is 0 Å². The van der Waals surface area contributed by atoms with E-state index in [1.54, 1.807) is 24.1 Å². The summed E-state index contributed by atoms with van der Waals surface area (Å²) in [4.78, 5) is 32.0. The number of piperazine rings is 1. The van der Waals surface area contributed by atoms with E-state index in [2.05, 4.69) is 10.2 Å². The first-order chi connectivity index (χ1) is 19.3. The average Bonchev–Trinajstić information content (AvgIpc) is 3.56. The summed E-state index contributed by atoms with van der Waals surface area (Å²) in [6, 6.07) is 11.7. The van der Waals surface area contributed by atoms with Crippen LogP contribution in [0.15, 0.2) is 46.9 Å². The van der Waals surface area contributed by atoms with Gasteiger partial charge in [0, 0.05) is 58.9 Å². The van der Waals surface area contributed by atoms with Crippen LogP contribution in [0.3, 0.4) is 0 Å². The Bertz CT molecular complexity index is 1380. The summed E-state index contributed by atoms with van der Waals surface area (Å²) in [6.45, 7) is 8.56. The number of ether oxygens (including phenoxy) is 1. The van der Waals surface area contributed by atoms with E-state index in [1.807, 2.05) is 25.1 Å². The first-order valence-electron chi connectivity index (χ1n) is 13.6. The number of rotatable bonds is 9. The molecule has 2 aliphatic rings. The number of nitrogens with zero attached hydrogens (tertiary/aromatic N) is 3. The number of carbonyl (C=O) groups is 2. The number of hydrogen-bond donors (Lipinski definition) is 3. The van der Waals surface area contributed by atoms with Crippen molar-refractivity contribution in [1.82, 2.24) is 20.0 Å². The van der Waals surface area contributed by atoms with Crippen LogP contribution >= 0.6 is 0 Å². The normalized spacial score (nSPS) is 15.2. The highest BCUT2D eigenvalue weighted by Crippen LogP contribution is 2.33. The Morgan fingerprint density at radius 1 is 1.00 bits per heavy atom. The molecule has 5 rings (SSSR count). The van der Waals surface area contributed by atoms with Gasteiger partial charge in [-0.25, -0.2) is 0 Å². The molecule has 0 saturated carbocycles. The van der Waals surface area contributed by atoms with Gasteiger partial charge >= 0.3 is 0 Å². The molecular formula is C30H36N4O6. The lowest BCUT2D eigenvalue weighted by atomic mass is 10.1. The molecule has 1 fully saturated rings. The van der Waals surface area contributed by atoms with Crippen LogP contribution < -0.4 is 10.1 Å². The molecule has 0 unspecified atom stereocenters. The van der Waals surface area contributed by atoms with Crippen molar-refractivity contribution < 1.29 is 29.0 Å². The van der Waals surface area contributed by atoms with Crippen molar-refractivity contribution in [1.29, 1.82) is 0 Å². The third-order valence-corrected chi connectivity index (χ3v) is 7.39. The van der Waals surface area contributed by atoms with Gasteiger partial charge in [0.25, 0.3) is 11.8 Å². The van der Waals surface area contributed by atoms with Crippen LogP contribution in [-0.2, 0) is 19.6 Å². The molecule has 0 bridgehead atoms. The number of fused-ring (bicyclic) bond motifs is 1. The number of aromatic hydroxyl groups is 2. The smallest absolute Gasteiger partial charge is 0.258 e. The van der Waals surface area contributed by atoms with Gasteiger partial charge in [-0.1, -0.05) is 6.07 Å². The van der Waals surface area contributed by atoms with Crippen molar-refractivity contribution >= 4 is 11.8 Å². The van der Waals surface area contributed by atoms with Gasteiger partial charge in [0.05, 0.1) is 24.3 Å². The Morgan fingerprint density at radius 2 is 1.75 bits per heavy atom. The van der Waals surface area contributed by atoms with Gasteiger partial charge in [0.15, 0.2) is 0 Å². The average molecular weight is 549 g/mol. The molecule has 10 nitrogen and oxygen atoms in total. The van der Waals surface area contributed by atoms with E-state index in [0.717, 1.165) is 67.8 Å². The van der Waals surface area contributed by atoms with Gasteiger partial charge in [-0.05, 0) is 54.8 Å². The lowest BCUT2D eigenvalue weighted by molar-refractivity contribution is 0.0748. The zero-order valence-electron chi connectivity index (χ0n) is 23.0. The first-order valence-corrected chi connectivity index (χ1v) is 13.6. The predicted molar refractivity (Wildman–Crippen MR) is 148 cm³/mol. The van der Waals surface area contributed by atoms with Gasteiger partial charge in [-0.3, -0.25) is 9.59 Å². The van der Waals surface area contributed by atoms with Crippen molar-refractivity contribution in [2.45, 2.75) is 33.0 Å². The largest absolute Gasteiger partial charge is 0.507 e. The summed E-state index contributed by atoms with van der Waals surface area (Å²) in [5.41, 5.74) is 1.88. The van der Waals surface area contributed by atoms with Gasteiger partial charge in [0.1, 0.15) is 28.8 Å². The Labute approximate surface area is 233 Å². The van der Waals surface area contributed by atoms with Crippen molar-refractivity contribution in [2.24, 2.45) is 0 Å². The van der Waals surface area contributed by atoms with E-state index < -0.39 is 17.6 Å². The van der Waals surface area contributed by atoms with E-state index in [4.69, 9.17) is 9.15 Å². The molecule has 0 aliphatic carbocycles. The fourth-order valence-electron chi connectivity index (χ4n) is 5.19. The van der Waals surface area contributed by atoms with E-state index in [-0.39, 0.29) is 23.4 Å². The number of nitrogens with one attached hydrogen (secondary N) is 1. The van der Waals surface area contributed by atoms with Crippen molar-refractivity contribution in [3.8, 4) is 17.2 Å². The highest BCUT2D eigenvalue weighted by Gasteiger charge is 2.29. The van der Waals surface area contributed by atoms with Crippen LogP contribution in [0, 0.1) is 6.92 Å². The number of hydrogen-bond acceptors (Lipinski definition) is 8. The molecule has 3 aromatic rings. The molecule has 0 spiro atoms. The SMILES string of the molecule is Cc1ccc(CN(C)C(=O)c2cc(C(=O)N3Cc4ccc(OCCCN5CCNCC5)cc4C3)c(O)cc2O)o1. The molecule has 2 aromatic carbocycles. The van der Waals surface area contributed by atoms with Crippen LogP contribution in [0.1, 0.15) is 49.8 Å². The molecule has 0 atom stereocenters. The van der Waals surface area contributed by atoms with Crippen LogP contribution in [0.2, 0.25) is 0 Å². The minimum atomic E-state index is -0.496. The second-order valence-electron chi connectivity index (χ2n) is 10.4. The third-order valence-electron chi connectivity index (χ3n) is 7.39. The molecule has 1 aromatic heterocycles. The van der Waals surface area contributed by atoms with Crippen LogP contribution in [-0.4, -0.2) is 83.1 Å². The number of phenolic OH excluding ortho intramolecular Hbond substituents is 2. The topological polar surface area (TPSA) is 119 Å². The molecule has 2 aliphatic heterocycles. The van der Waals surface area contributed by atoms with Gasteiger partial charge in [0.2, 0.25) is 0 Å². The molecule has 212 valence electrons. The highest BCUT2D eigenvalue weighted by atomic mass is 16.5. The Hall–Kier alpha value is -4.02. The molecule has 10 heteroatoms. The molecule has 2 amide bonds. The third kappa shape index (κ3) is 6.24. The Kier molecular flexibility index (Phi) is 8.27. The standard InChI is InChI=1S/C30H36N4O6/c1-20-4-6-24(40-20)19-32(2)29(37)25-15-26(28(36)16-27(25)35)30(38)34-17-21-5-7-23(14-22(21)18-34)39-13-3-10-33-11-8-31-9-12-33/h4-7,14-16,31,35-36H,3,8-13,17-19H2,1-2H3. The quantitative estimate of drug-likeness (QED) is 0.349. The van der Waals surface area contributed by atoms with Crippen molar-refractivity contribution in [2.75, 3.05) is 46.4 Å². The van der Waals surface area contributed by atoms with Gasteiger partial charge < -0.3 is 39.4 Å². The van der Waals surface area contributed by atoms with Gasteiger partial charge in [-0.2, -0.15) is 0 Å². The predicted octanol–water partition coefficient (Wildman–Crippen LogP) is 3.10. The van der Waals surface area contributed by atoms with Crippen LogP contribution in [0.4, 0.5) is 0 Å². The maximum atomic E-state index is 13.4. The number of amides is 2. The summed E-state index contributed by atoms with van der Waals surface area (Å²) < 4.78 is 11.5. The molecule has 3 heterocycles. The fourth-order valence-corrected chi connectivity index (χ4v) is 5.19. The Morgan fingerprint density at radius 3 is 2.50 bits per heavy atom. The lowest BCUT2D eigenvalue weighted by Crippen LogP contribution is -2.43. The van der Waals surface area contributed by atoms with E-state index in [1.165, 1.54) is 11.0 Å². The van der Waals surface area contributed by atoms with E-state index in [0.29, 0.717) is 25.5 Å². The minimum absolute atomic E-state index is 0.0411. The first kappa shape index (κ1) is 27.5. The summed E-state index contributed by atoms with van der Waals surface area (Å²) in [5, 5.41) is 24.3. The minimum Gasteiger partial charge on any atom is -0.507 e. The van der Waals surface area contributed by atoms with Crippen molar-refractivity contribution in [3.63, 3.8) is 0 Å². The maximum absolute atomic E-state index is 13.4. The number of phenols is 2. The zero-order chi connectivity index (χ0) is 28.2. The number of aryl methyl sites for hydroxylation is 1. The van der Waals surface area contributed by atoms with Gasteiger partial charge in [-0.15, -0.1) is 0 Å². The molecule has 1 saturated heterocycles. The molecular weight excluding hydrogens is 512 g/mol. The summed E-state index contributed by atoms with van der Waals surface area (Å²) in [7, 11) is 1.58. The number of benzene rings is 2. The molecule has 3 N–H and O–H groups in total.